The van der Waals surface area contributed by atoms with Gasteiger partial charge in [-0.15, -0.1) is 0 Å². The number of fused-ring (bicyclic) bond motifs is 2. The number of ketones is 2. The minimum atomic E-state index is -0.753. The molecule has 0 amide bonds. The number of allylic oxidation sites excluding steroid dienone is 3. The van der Waals surface area contributed by atoms with Crippen LogP contribution in [0.4, 0.5) is 0 Å². The second-order valence-electron chi connectivity index (χ2n) is 4.99. The average molecular weight is 277 g/mol. The van der Waals surface area contributed by atoms with Crippen LogP contribution in [0.5, 0.6) is 0 Å². The van der Waals surface area contributed by atoms with E-state index >= 15 is 0 Å². The Morgan fingerprint density at radius 3 is 2.90 bits per heavy atom. The van der Waals surface area contributed by atoms with Gasteiger partial charge in [0.05, 0.1) is 12.0 Å². The standard InChI is InChI=1S/C16H11N3O2/c1-9-7-11-13(19-8-9)16(21)12-10(3-2-5-17)4-6-18-14(12)15(11)20/h2-4,6-8,12,14H,1H3/b3-2+. The molecule has 1 aliphatic carbocycles. The molecule has 3 rings (SSSR count). The Hall–Kier alpha value is -2.87. The fourth-order valence-electron chi connectivity index (χ4n) is 2.66. The largest absolute Gasteiger partial charge is 0.292 e. The highest BCUT2D eigenvalue weighted by Gasteiger charge is 2.44. The first-order valence-electron chi connectivity index (χ1n) is 6.48. The predicted octanol–water partition coefficient (Wildman–Crippen LogP) is 1.84. The van der Waals surface area contributed by atoms with Crippen LogP contribution in [0, 0.1) is 24.2 Å². The number of dihydropyridines is 1. The van der Waals surface area contributed by atoms with Gasteiger partial charge in [0.1, 0.15) is 11.7 Å². The van der Waals surface area contributed by atoms with Gasteiger partial charge < -0.3 is 0 Å². The molecule has 2 atom stereocenters. The Morgan fingerprint density at radius 1 is 1.33 bits per heavy atom. The van der Waals surface area contributed by atoms with Crippen LogP contribution < -0.4 is 0 Å². The summed E-state index contributed by atoms with van der Waals surface area (Å²) in [7, 11) is 0. The third-order valence-electron chi connectivity index (χ3n) is 3.61. The fraction of sp³-hybridized carbons (Fsp3) is 0.188. The third-order valence-corrected chi connectivity index (χ3v) is 3.61. The molecule has 21 heavy (non-hydrogen) atoms. The van der Waals surface area contributed by atoms with Gasteiger partial charge in [0, 0.05) is 24.1 Å². The fourth-order valence-corrected chi connectivity index (χ4v) is 2.66. The summed E-state index contributed by atoms with van der Waals surface area (Å²) in [5, 5.41) is 8.64. The van der Waals surface area contributed by atoms with Gasteiger partial charge in [0.15, 0.2) is 11.6 Å². The number of carbonyl (C=O) groups excluding carboxylic acids is 2. The molecule has 2 aliphatic rings. The summed E-state index contributed by atoms with van der Waals surface area (Å²) in [4.78, 5) is 33.5. The summed E-state index contributed by atoms with van der Waals surface area (Å²) >= 11 is 0. The molecular formula is C16H11N3O2. The number of aryl methyl sites for hydroxylation is 1. The van der Waals surface area contributed by atoms with Crippen LogP contribution >= 0.6 is 0 Å². The average Bonchev–Trinajstić information content (AvgIpc) is 2.50. The van der Waals surface area contributed by atoms with Crippen LogP contribution in [0.2, 0.25) is 0 Å². The highest BCUT2D eigenvalue weighted by atomic mass is 16.1. The first-order chi connectivity index (χ1) is 10.1. The highest BCUT2D eigenvalue weighted by molar-refractivity contribution is 6.18. The van der Waals surface area contributed by atoms with E-state index in [1.165, 1.54) is 12.3 Å². The van der Waals surface area contributed by atoms with Crippen LogP contribution in [-0.2, 0) is 0 Å². The Bertz CT molecular complexity index is 781. The van der Waals surface area contributed by atoms with Crippen molar-refractivity contribution in [2.45, 2.75) is 13.0 Å². The number of rotatable bonds is 1. The minimum Gasteiger partial charge on any atom is -0.292 e. The van der Waals surface area contributed by atoms with Crippen LogP contribution in [0.15, 0.2) is 41.1 Å². The van der Waals surface area contributed by atoms with Crippen molar-refractivity contribution in [2.75, 3.05) is 0 Å². The zero-order chi connectivity index (χ0) is 15.0. The maximum atomic E-state index is 12.6. The van der Waals surface area contributed by atoms with E-state index in [4.69, 9.17) is 5.26 Å². The SMILES string of the molecule is Cc1cnc2c(c1)C(=O)C1N=CC=C(/C=C/C#N)C1C2=O. The molecule has 0 bridgehead atoms. The molecule has 2 unspecified atom stereocenters. The normalized spacial score (nSPS) is 23.5. The van der Waals surface area contributed by atoms with E-state index in [9.17, 15) is 9.59 Å². The summed E-state index contributed by atoms with van der Waals surface area (Å²) in [6.45, 7) is 1.82. The lowest BCUT2D eigenvalue weighted by atomic mass is 9.75. The molecule has 5 nitrogen and oxygen atoms in total. The second-order valence-corrected chi connectivity index (χ2v) is 4.99. The summed E-state index contributed by atoms with van der Waals surface area (Å²) in [5.74, 6) is -1.10. The van der Waals surface area contributed by atoms with Gasteiger partial charge in [-0.3, -0.25) is 19.6 Å². The number of hydrogen-bond donors (Lipinski definition) is 0. The third kappa shape index (κ3) is 2.01. The molecule has 0 saturated carbocycles. The van der Waals surface area contributed by atoms with Gasteiger partial charge >= 0.3 is 0 Å². The van der Waals surface area contributed by atoms with E-state index in [2.05, 4.69) is 9.98 Å². The lowest BCUT2D eigenvalue weighted by Gasteiger charge is -2.30. The molecule has 0 fully saturated rings. The number of aliphatic imine (C=N–C) groups is 1. The van der Waals surface area contributed by atoms with Crippen LogP contribution in [0.25, 0.3) is 0 Å². The van der Waals surface area contributed by atoms with Gasteiger partial charge in [0.25, 0.3) is 0 Å². The van der Waals surface area contributed by atoms with E-state index < -0.39 is 12.0 Å². The van der Waals surface area contributed by atoms with Crippen LogP contribution in [-0.4, -0.2) is 28.8 Å². The van der Waals surface area contributed by atoms with Crippen molar-refractivity contribution in [1.29, 1.82) is 5.26 Å². The van der Waals surface area contributed by atoms with E-state index in [0.717, 1.165) is 5.56 Å². The van der Waals surface area contributed by atoms with Crippen molar-refractivity contribution in [2.24, 2.45) is 10.9 Å². The zero-order valence-electron chi connectivity index (χ0n) is 11.3. The minimum absolute atomic E-state index is 0.195. The zero-order valence-corrected chi connectivity index (χ0v) is 11.3. The molecule has 0 aromatic carbocycles. The molecule has 0 N–H and O–H groups in total. The first-order valence-corrected chi connectivity index (χ1v) is 6.48. The number of carbonyl (C=O) groups is 2. The molecule has 5 heteroatoms. The Balaban J connectivity index is 2.14. The Labute approximate surface area is 121 Å². The lowest BCUT2D eigenvalue weighted by molar-refractivity contribution is 0.0815. The van der Waals surface area contributed by atoms with Crippen LogP contribution in [0.1, 0.15) is 26.4 Å². The molecule has 1 aliphatic heterocycles. The summed E-state index contributed by atoms with van der Waals surface area (Å²) in [5.41, 5.74) is 1.97. The molecule has 102 valence electrons. The van der Waals surface area contributed by atoms with E-state index in [1.807, 2.05) is 13.0 Å². The molecule has 0 saturated heterocycles. The van der Waals surface area contributed by atoms with E-state index in [1.54, 1.807) is 24.4 Å². The quantitative estimate of drug-likeness (QED) is 0.733. The lowest BCUT2D eigenvalue weighted by Crippen LogP contribution is -2.42. The Kier molecular flexibility index (Phi) is 3.07. The maximum Gasteiger partial charge on any atom is 0.191 e. The smallest absolute Gasteiger partial charge is 0.191 e. The topological polar surface area (TPSA) is 83.2 Å². The highest BCUT2D eigenvalue weighted by Crippen LogP contribution is 2.33. The molecule has 1 aromatic heterocycles. The number of aromatic nitrogens is 1. The van der Waals surface area contributed by atoms with E-state index in [-0.39, 0.29) is 17.3 Å². The summed E-state index contributed by atoms with van der Waals surface area (Å²) in [6.07, 6.45) is 7.58. The molecule has 0 spiro atoms. The van der Waals surface area contributed by atoms with Crippen molar-refractivity contribution >= 4 is 17.8 Å². The number of pyridine rings is 1. The van der Waals surface area contributed by atoms with Crippen molar-refractivity contribution < 1.29 is 9.59 Å². The van der Waals surface area contributed by atoms with E-state index in [0.29, 0.717) is 11.1 Å². The molecule has 1 aromatic rings. The number of hydrogen-bond acceptors (Lipinski definition) is 5. The number of nitrogens with zero attached hydrogens (tertiary/aromatic N) is 3. The van der Waals surface area contributed by atoms with Gasteiger partial charge in [0.2, 0.25) is 0 Å². The van der Waals surface area contributed by atoms with Crippen molar-refractivity contribution in [1.82, 2.24) is 4.98 Å². The molecule has 2 heterocycles. The number of nitriles is 1. The van der Waals surface area contributed by atoms with Crippen molar-refractivity contribution in [3.63, 3.8) is 0 Å². The maximum absolute atomic E-state index is 12.6. The molecule has 0 radical (unpaired) electrons. The Morgan fingerprint density at radius 2 is 2.14 bits per heavy atom. The van der Waals surface area contributed by atoms with Crippen molar-refractivity contribution in [3.8, 4) is 6.07 Å². The number of Topliss-reactive ketones (excluding diaryl/α,β-unsaturated/α-hetero) is 2. The molecular weight excluding hydrogens is 266 g/mol. The van der Waals surface area contributed by atoms with Gasteiger partial charge in [-0.1, -0.05) is 0 Å². The monoisotopic (exact) mass is 277 g/mol. The summed E-state index contributed by atoms with van der Waals surface area (Å²) < 4.78 is 0. The van der Waals surface area contributed by atoms with Gasteiger partial charge in [-0.2, -0.15) is 5.26 Å². The second kappa shape index (κ2) is 4.91. The summed E-state index contributed by atoms with van der Waals surface area (Å²) in [6, 6.07) is 2.81. The van der Waals surface area contributed by atoms with Gasteiger partial charge in [-0.05, 0) is 36.3 Å². The predicted molar refractivity (Wildman–Crippen MR) is 76.2 cm³/mol. The first kappa shape index (κ1) is 13.1. The van der Waals surface area contributed by atoms with Gasteiger partial charge in [-0.25, -0.2) is 0 Å². The van der Waals surface area contributed by atoms with Crippen LogP contribution in [0.3, 0.4) is 0 Å². The van der Waals surface area contributed by atoms with Crippen molar-refractivity contribution in [3.05, 3.63) is 52.9 Å².